The minimum Gasteiger partial charge on any atom is -0.395 e. The Morgan fingerprint density at radius 2 is 1.92 bits per heavy atom. The molecule has 0 radical (unpaired) electrons. The summed E-state index contributed by atoms with van der Waals surface area (Å²) in [5.41, 5.74) is 7.71. The van der Waals surface area contributed by atoms with Gasteiger partial charge in [-0.1, -0.05) is 30.3 Å². The maximum Gasteiger partial charge on any atom is 0.181 e. The zero-order valence-electron chi connectivity index (χ0n) is 14.5. The number of hydrogen-bond donors (Lipinski definition) is 2. The van der Waals surface area contributed by atoms with Crippen LogP contribution in [0.1, 0.15) is 18.4 Å². The van der Waals surface area contributed by atoms with E-state index in [-0.39, 0.29) is 12.0 Å². The van der Waals surface area contributed by atoms with Crippen LogP contribution in [-0.2, 0) is 5.41 Å². The molecule has 1 unspecified atom stereocenters. The van der Waals surface area contributed by atoms with Gasteiger partial charge in [-0.3, -0.25) is 0 Å². The van der Waals surface area contributed by atoms with Crippen molar-refractivity contribution in [1.29, 1.82) is 0 Å². The van der Waals surface area contributed by atoms with E-state index in [0.29, 0.717) is 23.9 Å². The third kappa shape index (κ3) is 2.80. The molecule has 1 aromatic carbocycles. The maximum atomic E-state index is 10.2. The number of nitrogen functional groups attached to an aromatic ring is 1. The highest BCUT2D eigenvalue weighted by Crippen LogP contribution is 2.37. The smallest absolute Gasteiger partial charge is 0.181 e. The number of aromatic nitrogens is 4. The fourth-order valence-electron chi connectivity index (χ4n) is 3.77. The van der Waals surface area contributed by atoms with Gasteiger partial charge in [-0.25, -0.2) is 14.6 Å². The molecular weight excluding hydrogens is 328 g/mol. The van der Waals surface area contributed by atoms with Gasteiger partial charge in [0.25, 0.3) is 0 Å². The Kier molecular flexibility index (Phi) is 4.30. The molecule has 0 bridgehead atoms. The van der Waals surface area contributed by atoms with E-state index < -0.39 is 0 Å². The molecule has 2 aromatic heterocycles. The number of nitrogens with zero attached hydrogens (tertiary/aromatic N) is 5. The highest BCUT2D eigenvalue weighted by molar-refractivity contribution is 5.70. The standard InChI is InChI=1S/C19H22N6O/c20-16-17(21-14-22-18(16)25-11-5-9-23-25)24-10-4-8-19(12-24,13-26)15-6-2-1-3-7-15/h1-3,5-7,9,11,14,26H,4,8,10,12-13,20H2. The lowest BCUT2D eigenvalue weighted by Crippen LogP contribution is -2.49. The predicted octanol–water partition coefficient (Wildman–Crippen LogP) is 1.78. The molecule has 26 heavy (non-hydrogen) atoms. The van der Waals surface area contributed by atoms with Crippen molar-refractivity contribution in [3.05, 3.63) is 60.7 Å². The van der Waals surface area contributed by atoms with Gasteiger partial charge < -0.3 is 15.7 Å². The average Bonchev–Trinajstić information content (AvgIpc) is 3.23. The normalized spacial score (nSPS) is 20.3. The van der Waals surface area contributed by atoms with Crippen LogP contribution in [0.2, 0.25) is 0 Å². The summed E-state index contributed by atoms with van der Waals surface area (Å²) in [5, 5.41) is 14.4. The average molecular weight is 350 g/mol. The van der Waals surface area contributed by atoms with E-state index in [1.54, 1.807) is 17.1 Å². The van der Waals surface area contributed by atoms with Crippen molar-refractivity contribution in [2.24, 2.45) is 0 Å². The molecule has 134 valence electrons. The number of nitrogens with two attached hydrogens (primary N) is 1. The van der Waals surface area contributed by atoms with Crippen LogP contribution < -0.4 is 10.6 Å². The summed E-state index contributed by atoms with van der Waals surface area (Å²) < 4.78 is 1.64. The van der Waals surface area contributed by atoms with Crippen molar-refractivity contribution in [2.45, 2.75) is 18.3 Å². The Labute approximate surface area is 152 Å². The first-order chi connectivity index (χ1) is 12.7. The Morgan fingerprint density at radius 3 is 2.65 bits per heavy atom. The predicted molar refractivity (Wildman–Crippen MR) is 100 cm³/mol. The lowest BCUT2D eigenvalue weighted by molar-refractivity contribution is 0.172. The lowest BCUT2D eigenvalue weighted by Gasteiger charge is -2.43. The number of aliphatic hydroxyl groups excluding tert-OH is 1. The largest absolute Gasteiger partial charge is 0.395 e. The molecule has 1 fully saturated rings. The molecular formula is C19H22N6O. The van der Waals surface area contributed by atoms with Crippen LogP contribution in [0.5, 0.6) is 0 Å². The molecule has 1 atom stereocenters. The molecule has 1 aliphatic heterocycles. The second-order valence-electron chi connectivity index (χ2n) is 6.71. The van der Waals surface area contributed by atoms with Crippen LogP contribution in [0.3, 0.4) is 0 Å². The summed E-state index contributed by atoms with van der Waals surface area (Å²) in [5.74, 6) is 1.26. The quantitative estimate of drug-likeness (QED) is 0.745. The Balaban J connectivity index is 1.70. The molecule has 0 aliphatic carbocycles. The SMILES string of the molecule is Nc1c(N2CCCC(CO)(c3ccccc3)C2)ncnc1-n1cccn1. The molecule has 0 amide bonds. The van der Waals surface area contributed by atoms with Gasteiger partial charge in [0.2, 0.25) is 0 Å². The third-order valence-electron chi connectivity index (χ3n) is 5.13. The number of anilines is 2. The van der Waals surface area contributed by atoms with Crippen molar-refractivity contribution in [1.82, 2.24) is 19.7 Å². The molecule has 7 heteroatoms. The zero-order chi connectivity index (χ0) is 18.0. The molecule has 0 spiro atoms. The first-order valence-electron chi connectivity index (χ1n) is 8.75. The van der Waals surface area contributed by atoms with Gasteiger partial charge in [0.05, 0.1) is 6.61 Å². The van der Waals surface area contributed by atoms with Crippen molar-refractivity contribution in [2.75, 3.05) is 30.3 Å². The third-order valence-corrected chi connectivity index (χ3v) is 5.13. The van der Waals surface area contributed by atoms with Crippen LogP contribution in [0.25, 0.3) is 5.82 Å². The van der Waals surface area contributed by atoms with E-state index in [1.807, 2.05) is 24.3 Å². The zero-order valence-corrected chi connectivity index (χ0v) is 14.5. The number of benzene rings is 1. The molecule has 3 N–H and O–H groups in total. The Hall–Kier alpha value is -2.93. The minimum atomic E-state index is -0.317. The highest BCUT2D eigenvalue weighted by atomic mass is 16.3. The molecule has 0 saturated carbocycles. The summed E-state index contributed by atoms with van der Waals surface area (Å²) in [6.07, 6.45) is 6.90. The molecule has 1 saturated heterocycles. The van der Waals surface area contributed by atoms with Gasteiger partial charge in [0.1, 0.15) is 12.0 Å². The van der Waals surface area contributed by atoms with Gasteiger partial charge in [0.15, 0.2) is 11.6 Å². The van der Waals surface area contributed by atoms with Crippen LogP contribution in [-0.4, -0.2) is 44.6 Å². The first kappa shape index (κ1) is 16.5. The van der Waals surface area contributed by atoms with Crippen molar-refractivity contribution < 1.29 is 5.11 Å². The molecule has 1 aliphatic rings. The number of hydrogen-bond acceptors (Lipinski definition) is 6. The van der Waals surface area contributed by atoms with Crippen LogP contribution in [0.4, 0.5) is 11.5 Å². The Bertz CT molecular complexity index is 867. The summed E-state index contributed by atoms with van der Waals surface area (Å²) >= 11 is 0. The van der Waals surface area contributed by atoms with Gasteiger partial charge in [-0.05, 0) is 24.5 Å². The topological polar surface area (TPSA) is 93.1 Å². The number of rotatable bonds is 4. The fraction of sp³-hybridized carbons (Fsp3) is 0.316. The summed E-state index contributed by atoms with van der Waals surface area (Å²) in [7, 11) is 0. The van der Waals surface area contributed by atoms with Crippen molar-refractivity contribution in [3.63, 3.8) is 0 Å². The van der Waals surface area contributed by atoms with Gasteiger partial charge in [-0.2, -0.15) is 5.10 Å². The van der Waals surface area contributed by atoms with Crippen molar-refractivity contribution >= 4 is 11.5 Å². The van der Waals surface area contributed by atoms with Gasteiger partial charge in [0, 0.05) is 30.9 Å². The van der Waals surface area contributed by atoms with Gasteiger partial charge in [-0.15, -0.1) is 0 Å². The second-order valence-corrected chi connectivity index (χ2v) is 6.71. The van der Waals surface area contributed by atoms with E-state index in [0.717, 1.165) is 24.9 Å². The first-order valence-corrected chi connectivity index (χ1v) is 8.75. The van der Waals surface area contributed by atoms with Crippen LogP contribution in [0.15, 0.2) is 55.1 Å². The van der Waals surface area contributed by atoms with Crippen molar-refractivity contribution in [3.8, 4) is 5.82 Å². The molecule has 3 heterocycles. The molecule has 4 rings (SSSR count). The maximum absolute atomic E-state index is 10.2. The summed E-state index contributed by atoms with van der Waals surface area (Å²) in [6, 6.07) is 12.0. The number of piperidine rings is 1. The summed E-state index contributed by atoms with van der Waals surface area (Å²) in [4.78, 5) is 10.9. The highest BCUT2D eigenvalue weighted by Gasteiger charge is 2.37. The minimum absolute atomic E-state index is 0.0878. The van der Waals surface area contributed by atoms with E-state index in [1.165, 1.54) is 6.33 Å². The van der Waals surface area contributed by atoms with Crippen LogP contribution in [0, 0.1) is 0 Å². The van der Waals surface area contributed by atoms with E-state index in [2.05, 4.69) is 32.1 Å². The fourth-order valence-corrected chi connectivity index (χ4v) is 3.77. The molecule has 7 nitrogen and oxygen atoms in total. The number of aliphatic hydroxyl groups is 1. The van der Waals surface area contributed by atoms with Crippen LogP contribution >= 0.6 is 0 Å². The monoisotopic (exact) mass is 350 g/mol. The Morgan fingerprint density at radius 1 is 1.12 bits per heavy atom. The summed E-state index contributed by atoms with van der Waals surface area (Å²) in [6.45, 7) is 1.59. The molecule has 3 aromatic rings. The second kappa shape index (κ2) is 6.76. The lowest BCUT2D eigenvalue weighted by atomic mass is 9.74. The van der Waals surface area contributed by atoms with Gasteiger partial charge >= 0.3 is 0 Å². The van der Waals surface area contributed by atoms with E-state index in [9.17, 15) is 5.11 Å². The van der Waals surface area contributed by atoms with E-state index >= 15 is 0 Å². The van der Waals surface area contributed by atoms with E-state index in [4.69, 9.17) is 5.73 Å².